The Bertz CT molecular complexity index is 807. The van der Waals surface area contributed by atoms with Gasteiger partial charge in [-0.3, -0.25) is 24.6 Å². The zero-order valence-electron chi connectivity index (χ0n) is 15.4. The lowest BCUT2D eigenvalue weighted by atomic mass is 10.0. The zero-order chi connectivity index (χ0) is 19.7. The number of hydrogen-bond donors (Lipinski definition) is 2. The summed E-state index contributed by atoms with van der Waals surface area (Å²) < 4.78 is 0. The Hall–Kier alpha value is -2.90. The van der Waals surface area contributed by atoms with Crippen LogP contribution in [0.1, 0.15) is 55.5 Å². The normalized spacial score (nSPS) is 20.3. The van der Waals surface area contributed by atoms with E-state index in [2.05, 4.69) is 5.32 Å². The molecule has 0 bridgehead atoms. The molecule has 1 fully saturated rings. The Morgan fingerprint density at radius 2 is 2.11 bits per heavy atom. The molecule has 0 spiro atoms. The van der Waals surface area contributed by atoms with Crippen molar-refractivity contribution >= 4 is 29.5 Å². The number of carbonyl (C=O) groups is 4. The predicted molar refractivity (Wildman–Crippen MR) is 97.4 cm³/mol. The number of nitrogens with one attached hydrogen (secondary N) is 1. The van der Waals surface area contributed by atoms with Crippen molar-refractivity contribution in [1.82, 2.24) is 10.2 Å². The predicted octanol–water partition coefficient (Wildman–Crippen LogP) is 2.12. The number of benzene rings is 1. The number of carbonyl (C=O) groups excluding carboxylic acids is 3. The second-order valence-electron chi connectivity index (χ2n) is 6.99. The fourth-order valence-electron chi connectivity index (χ4n) is 3.87. The maximum Gasteiger partial charge on any atom is 0.412 e. The SMILES string of the molecule is CCCC(C)N(C(=O)O)c1cccc2c1CN(C1CCC(=O)NC1=O)C2=O. The molecule has 2 unspecified atom stereocenters. The molecule has 0 saturated carbocycles. The van der Waals surface area contributed by atoms with E-state index < -0.39 is 18.0 Å². The molecule has 1 saturated heterocycles. The Kier molecular flexibility index (Phi) is 5.16. The van der Waals surface area contributed by atoms with Gasteiger partial charge < -0.3 is 10.0 Å². The van der Waals surface area contributed by atoms with Crippen molar-refractivity contribution < 1.29 is 24.3 Å². The van der Waals surface area contributed by atoms with E-state index in [1.54, 1.807) is 18.2 Å². The molecule has 2 aliphatic heterocycles. The van der Waals surface area contributed by atoms with Crippen LogP contribution in [-0.4, -0.2) is 45.9 Å². The molecule has 2 atom stereocenters. The lowest BCUT2D eigenvalue weighted by Gasteiger charge is -2.30. The first-order valence-corrected chi connectivity index (χ1v) is 9.13. The van der Waals surface area contributed by atoms with Gasteiger partial charge in [0.15, 0.2) is 0 Å². The maximum absolute atomic E-state index is 12.9. The molecule has 144 valence electrons. The van der Waals surface area contributed by atoms with Gasteiger partial charge in [-0.15, -0.1) is 0 Å². The molecular weight excluding hydrogens is 350 g/mol. The molecule has 2 aliphatic rings. The first-order chi connectivity index (χ1) is 12.8. The standard InChI is InChI=1S/C19H23N3O5/c1-3-5-11(2)22(19(26)27)14-7-4-6-12-13(14)10-21(18(12)25)15-8-9-16(23)20-17(15)24/h4,6-7,11,15H,3,5,8-10H2,1-2H3,(H,26,27)(H,20,23,24). The number of imide groups is 1. The number of nitrogens with zero attached hydrogens (tertiary/aromatic N) is 2. The van der Waals surface area contributed by atoms with Gasteiger partial charge in [0.1, 0.15) is 6.04 Å². The molecule has 8 nitrogen and oxygen atoms in total. The number of fused-ring (bicyclic) bond motifs is 1. The number of piperidine rings is 1. The number of rotatable bonds is 5. The van der Waals surface area contributed by atoms with E-state index in [-0.39, 0.29) is 37.2 Å². The van der Waals surface area contributed by atoms with Crippen LogP contribution >= 0.6 is 0 Å². The zero-order valence-corrected chi connectivity index (χ0v) is 15.4. The van der Waals surface area contributed by atoms with Gasteiger partial charge in [-0.2, -0.15) is 0 Å². The summed E-state index contributed by atoms with van der Waals surface area (Å²) in [7, 11) is 0. The van der Waals surface area contributed by atoms with Gasteiger partial charge in [0.2, 0.25) is 11.8 Å². The van der Waals surface area contributed by atoms with Gasteiger partial charge in [0.25, 0.3) is 5.91 Å². The third-order valence-corrected chi connectivity index (χ3v) is 5.17. The third kappa shape index (κ3) is 3.39. The van der Waals surface area contributed by atoms with Crippen LogP contribution in [0, 0.1) is 0 Å². The molecular formula is C19H23N3O5. The Labute approximate surface area is 157 Å². The van der Waals surface area contributed by atoms with Crippen LogP contribution in [0.3, 0.4) is 0 Å². The average molecular weight is 373 g/mol. The summed E-state index contributed by atoms with van der Waals surface area (Å²) in [5, 5.41) is 12.0. The summed E-state index contributed by atoms with van der Waals surface area (Å²) in [5.41, 5.74) is 1.49. The highest BCUT2D eigenvalue weighted by Gasteiger charge is 2.41. The summed E-state index contributed by atoms with van der Waals surface area (Å²) >= 11 is 0. The first kappa shape index (κ1) is 18.9. The van der Waals surface area contributed by atoms with Gasteiger partial charge >= 0.3 is 6.09 Å². The molecule has 2 N–H and O–H groups in total. The fraction of sp³-hybridized carbons (Fsp3) is 0.474. The molecule has 27 heavy (non-hydrogen) atoms. The van der Waals surface area contributed by atoms with Crippen molar-refractivity contribution in [3.05, 3.63) is 29.3 Å². The molecule has 3 rings (SSSR count). The third-order valence-electron chi connectivity index (χ3n) is 5.17. The van der Waals surface area contributed by atoms with Crippen molar-refractivity contribution in [1.29, 1.82) is 0 Å². The molecule has 2 heterocycles. The van der Waals surface area contributed by atoms with Gasteiger partial charge in [-0.25, -0.2) is 4.79 Å². The van der Waals surface area contributed by atoms with Crippen LogP contribution in [0.5, 0.6) is 0 Å². The van der Waals surface area contributed by atoms with Crippen molar-refractivity contribution in [2.24, 2.45) is 0 Å². The lowest BCUT2D eigenvalue weighted by Crippen LogP contribution is -2.52. The second-order valence-corrected chi connectivity index (χ2v) is 6.99. The van der Waals surface area contributed by atoms with Crippen LogP contribution in [0.25, 0.3) is 0 Å². The summed E-state index contributed by atoms with van der Waals surface area (Å²) in [6, 6.07) is 4.05. The highest BCUT2D eigenvalue weighted by Crippen LogP contribution is 2.35. The highest BCUT2D eigenvalue weighted by atomic mass is 16.4. The molecule has 1 aromatic rings. The van der Waals surface area contributed by atoms with Crippen LogP contribution in [-0.2, 0) is 16.1 Å². The van der Waals surface area contributed by atoms with E-state index in [1.165, 1.54) is 9.80 Å². The summed E-state index contributed by atoms with van der Waals surface area (Å²) in [4.78, 5) is 51.0. The molecule has 0 aliphatic carbocycles. The Morgan fingerprint density at radius 3 is 2.74 bits per heavy atom. The Balaban J connectivity index is 1.95. The smallest absolute Gasteiger partial charge is 0.412 e. The van der Waals surface area contributed by atoms with E-state index in [0.717, 1.165) is 6.42 Å². The molecule has 0 radical (unpaired) electrons. The molecule has 1 aromatic carbocycles. The molecule has 4 amide bonds. The minimum Gasteiger partial charge on any atom is -0.465 e. The van der Waals surface area contributed by atoms with E-state index in [1.807, 2.05) is 13.8 Å². The van der Waals surface area contributed by atoms with E-state index in [9.17, 15) is 24.3 Å². The van der Waals surface area contributed by atoms with E-state index in [0.29, 0.717) is 23.2 Å². The van der Waals surface area contributed by atoms with Gasteiger partial charge in [0, 0.05) is 30.1 Å². The Morgan fingerprint density at radius 1 is 1.37 bits per heavy atom. The van der Waals surface area contributed by atoms with Gasteiger partial charge in [-0.1, -0.05) is 19.4 Å². The minimum atomic E-state index is -1.07. The van der Waals surface area contributed by atoms with Crippen LogP contribution in [0.15, 0.2) is 18.2 Å². The van der Waals surface area contributed by atoms with Crippen LogP contribution in [0.2, 0.25) is 0 Å². The van der Waals surface area contributed by atoms with Gasteiger partial charge in [-0.05, 0) is 31.9 Å². The molecule has 0 aromatic heterocycles. The van der Waals surface area contributed by atoms with Crippen molar-refractivity contribution in [3.8, 4) is 0 Å². The van der Waals surface area contributed by atoms with E-state index >= 15 is 0 Å². The van der Waals surface area contributed by atoms with Gasteiger partial charge in [0.05, 0.1) is 5.69 Å². The molecule has 8 heteroatoms. The summed E-state index contributed by atoms with van der Waals surface area (Å²) in [6.07, 6.45) is 0.908. The fourth-order valence-corrected chi connectivity index (χ4v) is 3.87. The monoisotopic (exact) mass is 373 g/mol. The summed E-state index contributed by atoms with van der Waals surface area (Å²) in [5.74, 6) is -1.13. The minimum absolute atomic E-state index is 0.152. The number of amides is 4. The first-order valence-electron chi connectivity index (χ1n) is 9.13. The quantitative estimate of drug-likeness (QED) is 0.769. The number of carboxylic acid groups (broad SMARTS) is 1. The van der Waals surface area contributed by atoms with Crippen molar-refractivity contribution in [2.45, 2.75) is 58.2 Å². The number of hydrogen-bond acceptors (Lipinski definition) is 4. The van der Waals surface area contributed by atoms with Crippen molar-refractivity contribution in [2.75, 3.05) is 4.90 Å². The summed E-state index contributed by atoms with van der Waals surface area (Å²) in [6.45, 7) is 3.98. The average Bonchev–Trinajstić information content (AvgIpc) is 2.93. The van der Waals surface area contributed by atoms with Crippen molar-refractivity contribution in [3.63, 3.8) is 0 Å². The van der Waals surface area contributed by atoms with E-state index in [4.69, 9.17) is 0 Å². The van der Waals surface area contributed by atoms with Crippen LogP contribution < -0.4 is 10.2 Å². The maximum atomic E-state index is 12.9. The highest BCUT2D eigenvalue weighted by molar-refractivity contribution is 6.06. The topological polar surface area (TPSA) is 107 Å². The number of anilines is 1. The van der Waals surface area contributed by atoms with Crippen LogP contribution in [0.4, 0.5) is 10.5 Å². The second kappa shape index (κ2) is 7.38. The lowest BCUT2D eigenvalue weighted by molar-refractivity contribution is -0.136. The largest absolute Gasteiger partial charge is 0.465 e.